The van der Waals surface area contributed by atoms with E-state index in [4.69, 9.17) is 18.9 Å². The number of nitro groups is 1. The lowest BCUT2D eigenvalue weighted by atomic mass is 9.95. The van der Waals surface area contributed by atoms with Crippen LogP contribution in [0.1, 0.15) is 43.5 Å². The predicted molar refractivity (Wildman–Crippen MR) is 192 cm³/mol. The number of nitrogens with zero attached hydrogens (tertiary/aromatic N) is 3. The number of ether oxygens (including phenoxy) is 5. The second kappa shape index (κ2) is 16.1. The number of halogens is 1. The van der Waals surface area contributed by atoms with Crippen molar-refractivity contribution in [1.29, 1.82) is 0 Å². The summed E-state index contributed by atoms with van der Waals surface area (Å²) < 4.78 is 30.1. The SMILES string of the molecule is CCOC(=O)C1=C(C)N=c2s/c(=C\c3ccc(OCc4ccc([N+](=O)[O-])cc4)c(I)c3)c(=O)n2[C@H]1c1ccc(OCC(=O)OC)c(OCC)c1. The van der Waals surface area contributed by atoms with E-state index in [-0.39, 0.29) is 36.6 Å². The summed E-state index contributed by atoms with van der Waals surface area (Å²) in [6.45, 7) is 5.51. The molecule has 5 rings (SSSR count). The van der Waals surface area contributed by atoms with Crippen molar-refractivity contribution in [3.8, 4) is 17.2 Å². The van der Waals surface area contributed by atoms with Gasteiger partial charge in [0, 0.05) is 12.1 Å². The number of nitro benzene ring substituents is 1. The molecule has 50 heavy (non-hydrogen) atoms. The second-order valence-electron chi connectivity index (χ2n) is 10.7. The van der Waals surface area contributed by atoms with Gasteiger partial charge in [0.15, 0.2) is 22.9 Å². The highest BCUT2D eigenvalue weighted by Crippen LogP contribution is 2.36. The molecule has 1 aliphatic heterocycles. The Morgan fingerprint density at radius 2 is 1.74 bits per heavy atom. The minimum Gasteiger partial charge on any atom is -0.490 e. The number of thiazole rings is 1. The summed E-state index contributed by atoms with van der Waals surface area (Å²) in [4.78, 5) is 54.7. The van der Waals surface area contributed by atoms with Crippen molar-refractivity contribution >= 4 is 57.6 Å². The van der Waals surface area contributed by atoms with Gasteiger partial charge in [-0.15, -0.1) is 0 Å². The summed E-state index contributed by atoms with van der Waals surface area (Å²) in [6, 6.07) is 15.7. The van der Waals surface area contributed by atoms with Crippen molar-refractivity contribution < 1.29 is 38.2 Å². The van der Waals surface area contributed by atoms with Gasteiger partial charge in [-0.25, -0.2) is 14.6 Å². The molecule has 0 amide bonds. The van der Waals surface area contributed by atoms with E-state index in [1.54, 1.807) is 63.2 Å². The number of rotatable bonds is 13. The van der Waals surface area contributed by atoms with E-state index < -0.39 is 22.9 Å². The van der Waals surface area contributed by atoms with Crippen LogP contribution in [-0.4, -0.2) is 48.4 Å². The highest BCUT2D eigenvalue weighted by Gasteiger charge is 2.34. The van der Waals surface area contributed by atoms with E-state index in [0.29, 0.717) is 44.4 Å². The van der Waals surface area contributed by atoms with E-state index in [9.17, 15) is 24.5 Å². The first-order chi connectivity index (χ1) is 24.0. The number of hydrogen-bond donors (Lipinski definition) is 0. The molecule has 0 bridgehead atoms. The van der Waals surface area contributed by atoms with Crippen LogP contribution in [0.3, 0.4) is 0 Å². The van der Waals surface area contributed by atoms with Gasteiger partial charge in [0.05, 0.1) is 50.7 Å². The van der Waals surface area contributed by atoms with Crippen LogP contribution >= 0.6 is 33.9 Å². The van der Waals surface area contributed by atoms with Crippen LogP contribution in [0, 0.1) is 13.7 Å². The third-order valence-electron chi connectivity index (χ3n) is 7.47. The second-order valence-corrected chi connectivity index (χ2v) is 12.9. The number of carbonyl (C=O) groups is 2. The first-order valence-electron chi connectivity index (χ1n) is 15.4. The van der Waals surface area contributed by atoms with Crippen molar-refractivity contribution in [2.45, 2.75) is 33.4 Å². The Morgan fingerprint density at radius 1 is 1.00 bits per heavy atom. The average Bonchev–Trinajstić information content (AvgIpc) is 3.40. The van der Waals surface area contributed by atoms with Crippen LogP contribution in [0.5, 0.6) is 17.2 Å². The van der Waals surface area contributed by atoms with Crippen LogP contribution in [0.25, 0.3) is 6.08 Å². The molecule has 1 aliphatic rings. The number of carbonyl (C=O) groups excluding carboxylic acids is 2. The fourth-order valence-corrected chi connectivity index (χ4v) is 6.88. The molecular weight excluding hydrogens is 781 g/mol. The molecule has 0 unspecified atom stereocenters. The van der Waals surface area contributed by atoms with Crippen molar-refractivity contribution in [3.63, 3.8) is 0 Å². The van der Waals surface area contributed by atoms with Gasteiger partial charge in [-0.05, 0) is 103 Å². The van der Waals surface area contributed by atoms with E-state index >= 15 is 0 Å². The van der Waals surface area contributed by atoms with Gasteiger partial charge in [-0.1, -0.05) is 23.5 Å². The van der Waals surface area contributed by atoms with Crippen LogP contribution in [0.15, 0.2) is 81.7 Å². The van der Waals surface area contributed by atoms with Gasteiger partial charge in [0.25, 0.3) is 11.2 Å². The Bertz CT molecular complexity index is 2160. The van der Waals surface area contributed by atoms with Crippen LogP contribution in [0.4, 0.5) is 5.69 Å². The Balaban J connectivity index is 1.51. The van der Waals surface area contributed by atoms with Gasteiger partial charge in [-0.2, -0.15) is 0 Å². The molecule has 0 radical (unpaired) electrons. The van der Waals surface area contributed by atoms with Crippen molar-refractivity contribution in [1.82, 2.24) is 4.57 Å². The van der Waals surface area contributed by atoms with Crippen molar-refractivity contribution in [2.24, 2.45) is 4.99 Å². The smallest absolute Gasteiger partial charge is 0.343 e. The molecule has 1 aromatic heterocycles. The minimum absolute atomic E-state index is 0.00629. The van der Waals surface area contributed by atoms with E-state index in [0.717, 1.165) is 14.7 Å². The normalized spacial score (nSPS) is 14.0. The molecule has 3 aromatic carbocycles. The van der Waals surface area contributed by atoms with Crippen LogP contribution < -0.4 is 29.1 Å². The Kier molecular flexibility index (Phi) is 11.7. The molecule has 0 aliphatic carbocycles. The fraction of sp³-hybridized carbons (Fsp3) is 0.257. The van der Waals surface area contributed by atoms with Gasteiger partial charge < -0.3 is 23.7 Å². The third kappa shape index (κ3) is 8.05. The Morgan fingerprint density at radius 3 is 2.40 bits per heavy atom. The molecule has 1 atom stereocenters. The highest BCUT2D eigenvalue weighted by molar-refractivity contribution is 14.1. The van der Waals surface area contributed by atoms with Crippen molar-refractivity contribution in [2.75, 3.05) is 26.9 Å². The zero-order chi connectivity index (χ0) is 35.9. The molecule has 4 aromatic rings. The lowest BCUT2D eigenvalue weighted by Gasteiger charge is -2.25. The lowest BCUT2D eigenvalue weighted by Crippen LogP contribution is -2.40. The standard InChI is InChI=1S/C35H32IN3O10S/c1-5-46-28-17-23(10-14-27(28)49-19-30(40)45-4)32-31(34(42)47-6-2)20(3)37-35-38(32)33(41)29(50-35)16-22-9-13-26(25(36)15-22)48-18-21-7-11-24(12-8-21)39(43)44/h7-17,32H,5-6,18-19H2,1-4H3/b29-16-/t32-/m0/s1. The number of methoxy groups -OCH3 is 1. The van der Waals surface area contributed by atoms with Gasteiger partial charge in [0.1, 0.15) is 12.4 Å². The van der Waals surface area contributed by atoms with Gasteiger partial charge >= 0.3 is 11.9 Å². The summed E-state index contributed by atoms with van der Waals surface area (Å²) in [5.41, 5.74) is 2.34. The predicted octanol–water partition coefficient (Wildman–Crippen LogP) is 4.84. The average molecular weight is 814 g/mol. The molecule has 0 saturated carbocycles. The maximum atomic E-state index is 14.1. The van der Waals surface area contributed by atoms with Crippen LogP contribution in [-0.2, 0) is 25.7 Å². The molecular formula is C35H32IN3O10S. The van der Waals surface area contributed by atoms with E-state index in [2.05, 4.69) is 32.3 Å². The monoisotopic (exact) mass is 813 g/mol. The quantitative estimate of drug-likeness (QED) is 0.0792. The summed E-state index contributed by atoms with van der Waals surface area (Å²) in [5.74, 6) is 0.0593. The number of fused-ring (bicyclic) bond motifs is 1. The summed E-state index contributed by atoms with van der Waals surface area (Å²) in [6.07, 6.45) is 1.75. The van der Waals surface area contributed by atoms with Gasteiger partial charge in [-0.3, -0.25) is 19.5 Å². The van der Waals surface area contributed by atoms with Crippen molar-refractivity contribution in [3.05, 3.63) is 122 Å². The zero-order valence-corrected chi connectivity index (χ0v) is 30.4. The van der Waals surface area contributed by atoms with Gasteiger partial charge in [0.2, 0.25) is 0 Å². The van der Waals surface area contributed by atoms with Crippen LogP contribution in [0.2, 0.25) is 0 Å². The fourth-order valence-electron chi connectivity index (χ4n) is 5.14. The third-order valence-corrected chi connectivity index (χ3v) is 9.29. The van der Waals surface area contributed by atoms with E-state index in [1.807, 2.05) is 12.1 Å². The molecule has 0 fully saturated rings. The Labute approximate surface area is 303 Å². The molecule has 15 heteroatoms. The molecule has 0 N–H and O–H groups in total. The largest absolute Gasteiger partial charge is 0.490 e. The number of aromatic nitrogens is 1. The maximum absolute atomic E-state index is 14.1. The highest BCUT2D eigenvalue weighted by atomic mass is 127. The summed E-state index contributed by atoms with van der Waals surface area (Å²) >= 11 is 3.34. The number of non-ortho nitro benzene ring substituents is 1. The topological polar surface area (TPSA) is 158 Å². The zero-order valence-electron chi connectivity index (χ0n) is 27.5. The molecule has 2 heterocycles. The summed E-state index contributed by atoms with van der Waals surface area (Å²) in [5, 5.41) is 10.9. The first-order valence-corrected chi connectivity index (χ1v) is 17.3. The number of esters is 2. The summed E-state index contributed by atoms with van der Waals surface area (Å²) in [7, 11) is 1.26. The number of benzene rings is 3. The number of allylic oxidation sites excluding steroid dienone is 1. The molecule has 260 valence electrons. The molecule has 0 saturated heterocycles. The minimum atomic E-state index is -0.892. The lowest BCUT2D eigenvalue weighted by molar-refractivity contribution is -0.384. The Hall–Kier alpha value is -5.03. The molecule has 0 spiro atoms. The maximum Gasteiger partial charge on any atom is 0.343 e. The van der Waals surface area contributed by atoms with E-state index in [1.165, 1.54) is 35.1 Å². The number of hydrogen-bond acceptors (Lipinski definition) is 12. The first kappa shape index (κ1) is 36.3. The molecule has 13 nitrogen and oxygen atoms in total.